The van der Waals surface area contributed by atoms with E-state index in [1.165, 1.54) is 0 Å². The van der Waals surface area contributed by atoms with E-state index < -0.39 is 11.9 Å². The molecule has 1 saturated heterocycles. The normalized spacial score (nSPS) is 13.5. The van der Waals surface area contributed by atoms with E-state index in [0.717, 1.165) is 18.5 Å². The molecule has 0 radical (unpaired) electrons. The molecule has 1 aliphatic heterocycles. The lowest BCUT2D eigenvalue weighted by molar-refractivity contribution is -0.128. The van der Waals surface area contributed by atoms with Gasteiger partial charge < -0.3 is 15.0 Å². The van der Waals surface area contributed by atoms with Crippen LogP contribution in [0.2, 0.25) is 5.02 Å². The summed E-state index contributed by atoms with van der Waals surface area (Å²) in [4.78, 5) is 37.4. The van der Waals surface area contributed by atoms with Crippen LogP contribution in [-0.2, 0) is 20.9 Å². The molecule has 2 aromatic carbocycles. The van der Waals surface area contributed by atoms with E-state index in [1.54, 1.807) is 53.4 Å². The van der Waals surface area contributed by atoms with E-state index in [2.05, 4.69) is 5.32 Å². The van der Waals surface area contributed by atoms with Crippen molar-refractivity contribution in [2.75, 3.05) is 18.5 Å². The summed E-state index contributed by atoms with van der Waals surface area (Å²) in [7, 11) is 0. The molecule has 0 atom stereocenters. The van der Waals surface area contributed by atoms with E-state index in [0.29, 0.717) is 29.2 Å². The van der Waals surface area contributed by atoms with Crippen molar-refractivity contribution in [1.82, 2.24) is 4.90 Å². The van der Waals surface area contributed by atoms with Gasteiger partial charge in [-0.1, -0.05) is 23.7 Å². The van der Waals surface area contributed by atoms with Crippen LogP contribution < -0.4 is 5.32 Å². The number of carbonyl (C=O) groups excluding carboxylic acids is 3. The molecule has 0 saturated carbocycles. The van der Waals surface area contributed by atoms with Crippen molar-refractivity contribution in [1.29, 1.82) is 0 Å². The lowest BCUT2D eigenvalue weighted by atomic mass is 10.1. The molecule has 27 heavy (non-hydrogen) atoms. The van der Waals surface area contributed by atoms with Gasteiger partial charge in [0.2, 0.25) is 5.91 Å². The zero-order valence-corrected chi connectivity index (χ0v) is 15.4. The summed E-state index contributed by atoms with van der Waals surface area (Å²) in [6.45, 7) is 0.925. The third-order valence-electron chi connectivity index (χ3n) is 4.20. The van der Waals surface area contributed by atoms with Crippen LogP contribution in [0.5, 0.6) is 0 Å². The van der Waals surface area contributed by atoms with Crippen molar-refractivity contribution in [3.05, 3.63) is 64.7 Å². The molecular formula is C20H19ClN2O4. The second-order valence-corrected chi connectivity index (χ2v) is 6.68. The molecule has 3 rings (SSSR count). The summed E-state index contributed by atoms with van der Waals surface area (Å²) in [6.07, 6.45) is 1.49. The fourth-order valence-electron chi connectivity index (χ4n) is 2.78. The van der Waals surface area contributed by atoms with Crippen molar-refractivity contribution >= 4 is 35.1 Å². The number of hydrogen-bond donors (Lipinski definition) is 1. The Labute approximate surface area is 162 Å². The molecule has 7 heteroatoms. The number of carbonyl (C=O) groups is 3. The number of hydrogen-bond acceptors (Lipinski definition) is 4. The van der Waals surface area contributed by atoms with Gasteiger partial charge in [0, 0.05) is 30.2 Å². The maximum atomic E-state index is 12.1. The molecule has 2 amide bonds. The third kappa shape index (κ3) is 5.31. The number of benzene rings is 2. The van der Waals surface area contributed by atoms with Gasteiger partial charge in [0.25, 0.3) is 5.91 Å². The average Bonchev–Trinajstić information content (AvgIpc) is 3.07. The predicted molar refractivity (Wildman–Crippen MR) is 101 cm³/mol. The lowest BCUT2D eigenvalue weighted by Crippen LogP contribution is -2.23. The Hall–Kier alpha value is -2.86. The van der Waals surface area contributed by atoms with Crippen molar-refractivity contribution in [2.45, 2.75) is 19.4 Å². The van der Waals surface area contributed by atoms with Crippen molar-refractivity contribution < 1.29 is 19.1 Å². The molecule has 0 bridgehead atoms. The minimum atomic E-state index is -0.579. The summed E-state index contributed by atoms with van der Waals surface area (Å²) in [5, 5.41) is 3.18. The summed E-state index contributed by atoms with van der Waals surface area (Å²) >= 11 is 5.78. The summed E-state index contributed by atoms with van der Waals surface area (Å²) < 4.78 is 5.03. The van der Waals surface area contributed by atoms with Crippen LogP contribution in [0.25, 0.3) is 0 Å². The monoisotopic (exact) mass is 386 g/mol. The Balaban J connectivity index is 1.48. The van der Waals surface area contributed by atoms with E-state index in [9.17, 15) is 14.4 Å². The van der Waals surface area contributed by atoms with Crippen molar-refractivity contribution in [3.8, 4) is 0 Å². The number of esters is 1. The molecule has 0 unspecified atom stereocenters. The number of nitrogens with zero attached hydrogens (tertiary/aromatic N) is 1. The topological polar surface area (TPSA) is 75.7 Å². The maximum Gasteiger partial charge on any atom is 0.338 e. The van der Waals surface area contributed by atoms with Gasteiger partial charge in [-0.3, -0.25) is 9.59 Å². The Morgan fingerprint density at radius 3 is 2.41 bits per heavy atom. The van der Waals surface area contributed by atoms with Crippen LogP contribution in [0.1, 0.15) is 28.8 Å². The first-order chi connectivity index (χ1) is 13.0. The largest absolute Gasteiger partial charge is 0.452 e. The highest BCUT2D eigenvalue weighted by Crippen LogP contribution is 2.15. The fourth-order valence-corrected chi connectivity index (χ4v) is 2.91. The SMILES string of the molecule is O=C(COC(=O)c1ccc(CN2CCCC2=O)cc1)Nc1ccc(Cl)cc1. The Morgan fingerprint density at radius 2 is 1.78 bits per heavy atom. The lowest BCUT2D eigenvalue weighted by Gasteiger charge is -2.15. The summed E-state index contributed by atoms with van der Waals surface area (Å²) in [5.41, 5.74) is 1.87. The van der Waals surface area contributed by atoms with Crippen molar-refractivity contribution in [3.63, 3.8) is 0 Å². The van der Waals surface area contributed by atoms with Gasteiger partial charge in [-0.25, -0.2) is 4.79 Å². The molecule has 6 nitrogen and oxygen atoms in total. The number of rotatable bonds is 6. The highest BCUT2D eigenvalue weighted by molar-refractivity contribution is 6.30. The van der Waals surface area contributed by atoms with Gasteiger partial charge in [-0.2, -0.15) is 0 Å². The number of halogens is 1. The minimum Gasteiger partial charge on any atom is -0.452 e. The van der Waals surface area contributed by atoms with Gasteiger partial charge in [-0.15, -0.1) is 0 Å². The average molecular weight is 387 g/mol. The summed E-state index contributed by atoms with van der Waals surface area (Å²) in [5.74, 6) is -0.856. The van der Waals surface area contributed by atoms with Crippen LogP contribution in [0.15, 0.2) is 48.5 Å². The second-order valence-electron chi connectivity index (χ2n) is 6.25. The molecule has 1 aliphatic rings. The van der Waals surface area contributed by atoms with Crippen LogP contribution >= 0.6 is 11.6 Å². The first kappa shape index (κ1) is 18.9. The quantitative estimate of drug-likeness (QED) is 0.773. The molecule has 0 aromatic heterocycles. The van der Waals surface area contributed by atoms with Crippen LogP contribution in [-0.4, -0.2) is 35.8 Å². The predicted octanol–water partition coefficient (Wildman–Crippen LogP) is 3.26. The Kier molecular flexibility index (Phi) is 6.08. The number of anilines is 1. The molecule has 140 valence electrons. The highest BCUT2D eigenvalue weighted by Gasteiger charge is 2.20. The summed E-state index contributed by atoms with van der Waals surface area (Å²) in [6, 6.07) is 13.5. The minimum absolute atomic E-state index is 0.158. The number of likely N-dealkylation sites (tertiary alicyclic amines) is 1. The first-order valence-corrected chi connectivity index (χ1v) is 8.98. The van der Waals surface area contributed by atoms with Gasteiger partial charge in [0.1, 0.15) is 0 Å². The number of ether oxygens (including phenoxy) is 1. The van der Waals surface area contributed by atoms with Crippen LogP contribution in [0.3, 0.4) is 0 Å². The molecule has 1 N–H and O–H groups in total. The molecule has 0 spiro atoms. The van der Waals surface area contributed by atoms with Gasteiger partial charge in [-0.05, 0) is 48.4 Å². The second kappa shape index (κ2) is 8.68. The third-order valence-corrected chi connectivity index (χ3v) is 4.45. The number of amides is 2. The van der Waals surface area contributed by atoms with Gasteiger partial charge in [0.15, 0.2) is 6.61 Å². The smallest absolute Gasteiger partial charge is 0.338 e. The zero-order chi connectivity index (χ0) is 19.2. The Morgan fingerprint density at radius 1 is 1.07 bits per heavy atom. The maximum absolute atomic E-state index is 12.1. The van der Waals surface area contributed by atoms with Gasteiger partial charge >= 0.3 is 5.97 Å². The molecule has 1 fully saturated rings. The number of nitrogens with one attached hydrogen (secondary N) is 1. The van der Waals surface area contributed by atoms with Crippen molar-refractivity contribution in [2.24, 2.45) is 0 Å². The Bertz CT molecular complexity index is 834. The fraction of sp³-hybridized carbons (Fsp3) is 0.250. The van der Waals surface area contributed by atoms with E-state index in [4.69, 9.17) is 16.3 Å². The van der Waals surface area contributed by atoms with Crippen LogP contribution in [0.4, 0.5) is 5.69 Å². The van der Waals surface area contributed by atoms with Gasteiger partial charge in [0.05, 0.1) is 5.56 Å². The van der Waals surface area contributed by atoms with E-state index >= 15 is 0 Å². The zero-order valence-electron chi connectivity index (χ0n) is 14.6. The van der Waals surface area contributed by atoms with E-state index in [-0.39, 0.29) is 12.5 Å². The van der Waals surface area contributed by atoms with E-state index in [1.807, 2.05) is 0 Å². The molecular weight excluding hydrogens is 368 g/mol. The first-order valence-electron chi connectivity index (χ1n) is 8.60. The highest BCUT2D eigenvalue weighted by atomic mass is 35.5. The molecule has 0 aliphatic carbocycles. The standard InChI is InChI=1S/C20H19ClN2O4/c21-16-7-9-17(10-8-16)22-18(24)13-27-20(26)15-5-3-14(4-6-15)12-23-11-1-2-19(23)25/h3-10H,1-2,11-13H2,(H,22,24). The molecule has 1 heterocycles. The van der Waals surface area contributed by atoms with Crippen LogP contribution in [0, 0.1) is 0 Å². The molecule has 2 aromatic rings.